The van der Waals surface area contributed by atoms with Crippen LogP contribution in [0.15, 0.2) is 47.2 Å². The van der Waals surface area contributed by atoms with Crippen molar-refractivity contribution >= 4 is 0 Å². The monoisotopic (exact) mass is 362 g/mol. The van der Waals surface area contributed by atoms with Gasteiger partial charge in [-0.3, -0.25) is 0 Å². The Morgan fingerprint density at radius 1 is 1.11 bits per heavy atom. The molecule has 5 heteroatoms. The third-order valence-electron chi connectivity index (χ3n) is 5.46. The second-order valence-corrected chi connectivity index (χ2v) is 7.55. The molecule has 2 heterocycles. The maximum absolute atomic E-state index is 5.40. The minimum Gasteiger partial charge on any atom is -0.361 e. The van der Waals surface area contributed by atoms with Crippen molar-refractivity contribution in [3.05, 3.63) is 65.3 Å². The number of rotatable bonds is 6. The van der Waals surface area contributed by atoms with E-state index in [4.69, 9.17) is 4.52 Å². The Bertz CT molecular complexity index is 887. The Morgan fingerprint density at radius 2 is 1.93 bits per heavy atom. The first-order valence-corrected chi connectivity index (χ1v) is 9.71. The molecule has 4 rings (SSSR count). The van der Waals surface area contributed by atoms with E-state index < -0.39 is 0 Å². The van der Waals surface area contributed by atoms with Crippen molar-refractivity contribution in [1.82, 2.24) is 20.4 Å². The Balaban J connectivity index is 1.36. The van der Waals surface area contributed by atoms with Gasteiger partial charge in [-0.15, -0.1) is 0 Å². The molecule has 1 aromatic carbocycles. The fraction of sp³-hybridized carbons (Fsp3) is 0.409. The van der Waals surface area contributed by atoms with Crippen molar-refractivity contribution in [2.75, 3.05) is 0 Å². The van der Waals surface area contributed by atoms with Gasteiger partial charge in [-0.1, -0.05) is 35.8 Å². The SMILES string of the molecule is Cc1cc(C[C@@H]2CCC[C@H]2NCc2cnc(-c3ccccc3C)nc2)on1. The minimum atomic E-state index is 0.506. The fourth-order valence-electron chi connectivity index (χ4n) is 3.98. The summed E-state index contributed by atoms with van der Waals surface area (Å²) >= 11 is 0. The average Bonchev–Trinajstić information content (AvgIpc) is 3.30. The van der Waals surface area contributed by atoms with Crippen molar-refractivity contribution in [2.24, 2.45) is 5.92 Å². The second-order valence-electron chi connectivity index (χ2n) is 7.55. The normalized spacial score (nSPS) is 19.5. The first kappa shape index (κ1) is 17.9. The number of aromatic nitrogens is 3. The van der Waals surface area contributed by atoms with Crippen LogP contribution in [0.4, 0.5) is 0 Å². The van der Waals surface area contributed by atoms with Crippen LogP contribution in [0.3, 0.4) is 0 Å². The molecule has 0 amide bonds. The zero-order valence-electron chi connectivity index (χ0n) is 16.0. The molecule has 3 aromatic rings. The summed E-state index contributed by atoms with van der Waals surface area (Å²) in [4.78, 5) is 9.14. The van der Waals surface area contributed by atoms with Crippen LogP contribution >= 0.6 is 0 Å². The second kappa shape index (κ2) is 8.01. The third kappa shape index (κ3) is 4.25. The lowest BCUT2D eigenvalue weighted by molar-refractivity contribution is 0.329. The highest BCUT2D eigenvalue weighted by atomic mass is 16.5. The zero-order chi connectivity index (χ0) is 18.6. The highest BCUT2D eigenvalue weighted by Gasteiger charge is 2.28. The van der Waals surface area contributed by atoms with Gasteiger partial charge in [0.15, 0.2) is 5.82 Å². The number of nitrogens with one attached hydrogen (secondary N) is 1. The standard InChI is InChI=1S/C22H26N4O/c1-15-6-3-4-8-20(15)22-24-13-17(14-25-22)12-23-21-9-5-7-18(21)11-19-10-16(2)26-27-19/h3-4,6,8,10,13-14,18,21,23H,5,7,9,11-12H2,1-2H3/t18-,21+/m0/s1. The van der Waals surface area contributed by atoms with Crippen molar-refractivity contribution in [2.45, 2.75) is 52.1 Å². The van der Waals surface area contributed by atoms with Crippen LogP contribution in [0.5, 0.6) is 0 Å². The van der Waals surface area contributed by atoms with Gasteiger partial charge in [-0.05, 0) is 38.2 Å². The summed E-state index contributed by atoms with van der Waals surface area (Å²) < 4.78 is 5.40. The molecular weight excluding hydrogens is 336 g/mol. The van der Waals surface area contributed by atoms with E-state index in [0.717, 1.165) is 41.4 Å². The maximum Gasteiger partial charge on any atom is 0.159 e. The molecule has 0 unspecified atom stereocenters. The van der Waals surface area contributed by atoms with E-state index in [9.17, 15) is 0 Å². The summed E-state index contributed by atoms with van der Waals surface area (Å²) in [6, 6.07) is 10.8. The summed E-state index contributed by atoms with van der Waals surface area (Å²) in [7, 11) is 0. The summed E-state index contributed by atoms with van der Waals surface area (Å²) in [5.41, 5.74) is 4.36. The van der Waals surface area contributed by atoms with E-state index in [0.29, 0.717) is 12.0 Å². The number of hydrogen-bond acceptors (Lipinski definition) is 5. The van der Waals surface area contributed by atoms with Gasteiger partial charge in [0.05, 0.1) is 5.69 Å². The molecular formula is C22H26N4O. The van der Waals surface area contributed by atoms with Crippen LogP contribution in [0, 0.1) is 19.8 Å². The molecule has 1 fully saturated rings. The molecule has 1 aliphatic carbocycles. The van der Waals surface area contributed by atoms with Gasteiger partial charge in [0.25, 0.3) is 0 Å². The molecule has 1 aliphatic rings. The van der Waals surface area contributed by atoms with E-state index in [-0.39, 0.29) is 0 Å². The zero-order valence-corrected chi connectivity index (χ0v) is 16.0. The van der Waals surface area contributed by atoms with Gasteiger partial charge in [-0.25, -0.2) is 9.97 Å². The molecule has 1 saturated carbocycles. The van der Waals surface area contributed by atoms with E-state index in [2.05, 4.69) is 39.5 Å². The van der Waals surface area contributed by atoms with E-state index in [1.54, 1.807) is 0 Å². The van der Waals surface area contributed by atoms with E-state index in [1.807, 2.05) is 37.5 Å². The predicted octanol–water partition coefficient (Wildman–Crippen LogP) is 4.25. The molecule has 0 spiro atoms. The largest absolute Gasteiger partial charge is 0.361 e. The Hall–Kier alpha value is -2.53. The fourth-order valence-corrected chi connectivity index (χ4v) is 3.98. The molecule has 5 nitrogen and oxygen atoms in total. The van der Waals surface area contributed by atoms with Crippen LogP contribution in [-0.4, -0.2) is 21.2 Å². The molecule has 0 saturated heterocycles. The van der Waals surface area contributed by atoms with Gasteiger partial charge in [0.2, 0.25) is 0 Å². The van der Waals surface area contributed by atoms with E-state index in [1.165, 1.54) is 24.8 Å². The maximum atomic E-state index is 5.40. The quantitative estimate of drug-likeness (QED) is 0.710. The highest BCUT2D eigenvalue weighted by Crippen LogP contribution is 2.29. The minimum absolute atomic E-state index is 0.506. The van der Waals surface area contributed by atoms with Gasteiger partial charge in [0, 0.05) is 48.6 Å². The summed E-state index contributed by atoms with van der Waals surface area (Å²) in [5, 5.41) is 7.71. The lowest BCUT2D eigenvalue weighted by Gasteiger charge is -2.20. The van der Waals surface area contributed by atoms with Crippen LogP contribution in [-0.2, 0) is 13.0 Å². The van der Waals surface area contributed by atoms with Crippen LogP contribution in [0.1, 0.15) is 41.8 Å². The number of aryl methyl sites for hydroxylation is 2. The van der Waals surface area contributed by atoms with Crippen LogP contribution in [0.25, 0.3) is 11.4 Å². The molecule has 2 atom stereocenters. The average molecular weight is 362 g/mol. The number of nitrogens with zero attached hydrogens (tertiary/aromatic N) is 3. The van der Waals surface area contributed by atoms with Gasteiger partial charge < -0.3 is 9.84 Å². The predicted molar refractivity (Wildman–Crippen MR) is 105 cm³/mol. The van der Waals surface area contributed by atoms with Crippen molar-refractivity contribution in [3.8, 4) is 11.4 Å². The molecule has 0 aliphatic heterocycles. The Labute approximate surface area is 160 Å². The summed E-state index contributed by atoms with van der Waals surface area (Å²) in [5.74, 6) is 2.39. The van der Waals surface area contributed by atoms with Gasteiger partial charge in [0.1, 0.15) is 5.76 Å². The van der Waals surface area contributed by atoms with Crippen molar-refractivity contribution < 1.29 is 4.52 Å². The highest BCUT2D eigenvalue weighted by molar-refractivity contribution is 5.59. The number of benzene rings is 1. The van der Waals surface area contributed by atoms with Crippen molar-refractivity contribution in [3.63, 3.8) is 0 Å². The van der Waals surface area contributed by atoms with Gasteiger partial charge in [-0.2, -0.15) is 0 Å². The first-order valence-electron chi connectivity index (χ1n) is 9.71. The van der Waals surface area contributed by atoms with Crippen LogP contribution in [0.2, 0.25) is 0 Å². The Kier molecular flexibility index (Phi) is 5.30. The first-order chi connectivity index (χ1) is 13.2. The van der Waals surface area contributed by atoms with E-state index >= 15 is 0 Å². The molecule has 0 radical (unpaired) electrons. The Morgan fingerprint density at radius 3 is 2.67 bits per heavy atom. The molecule has 0 bridgehead atoms. The molecule has 1 N–H and O–H groups in total. The number of hydrogen-bond donors (Lipinski definition) is 1. The lowest BCUT2D eigenvalue weighted by atomic mass is 9.98. The summed E-state index contributed by atoms with van der Waals surface area (Å²) in [6.45, 7) is 4.85. The molecule has 140 valence electrons. The molecule has 2 aromatic heterocycles. The topological polar surface area (TPSA) is 63.8 Å². The van der Waals surface area contributed by atoms with Crippen molar-refractivity contribution in [1.29, 1.82) is 0 Å². The smallest absolute Gasteiger partial charge is 0.159 e. The summed E-state index contributed by atoms with van der Waals surface area (Å²) in [6.07, 6.45) is 8.54. The van der Waals surface area contributed by atoms with Crippen LogP contribution < -0.4 is 5.32 Å². The third-order valence-corrected chi connectivity index (χ3v) is 5.46. The molecule has 27 heavy (non-hydrogen) atoms. The van der Waals surface area contributed by atoms with Gasteiger partial charge >= 0.3 is 0 Å². The lowest BCUT2D eigenvalue weighted by Crippen LogP contribution is -2.33.